The van der Waals surface area contributed by atoms with Crippen LogP contribution < -0.4 is 5.32 Å². The molecular formula is C14H11NO8S. The van der Waals surface area contributed by atoms with Crippen molar-refractivity contribution in [1.82, 2.24) is 0 Å². The van der Waals surface area contributed by atoms with Crippen LogP contribution in [-0.2, 0) is 10.1 Å². The van der Waals surface area contributed by atoms with Crippen molar-refractivity contribution in [3.63, 3.8) is 0 Å². The van der Waals surface area contributed by atoms with E-state index in [1.54, 1.807) is 0 Å². The maximum Gasteiger partial charge on any atom is 0.339 e. The molecule has 0 aromatic heterocycles. The molecule has 2 aromatic carbocycles. The van der Waals surface area contributed by atoms with E-state index in [0.29, 0.717) is 0 Å². The number of amides is 1. The molecule has 0 unspecified atom stereocenters. The first-order chi connectivity index (χ1) is 11.1. The topological polar surface area (TPSA) is 161 Å². The van der Waals surface area contributed by atoms with Gasteiger partial charge in [-0.05, 0) is 30.3 Å². The van der Waals surface area contributed by atoms with Crippen molar-refractivity contribution in [3.05, 3.63) is 47.5 Å². The molecule has 9 nitrogen and oxygen atoms in total. The van der Waals surface area contributed by atoms with E-state index < -0.39 is 49.5 Å². The second-order valence-corrected chi connectivity index (χ2v) is 6.07. The fourth-order valence-corrected chi connectivity index (χ4v) is 2.41. The quantitative estimate of drug-likeness (QED) is 0.406. The van der Waals surface area contributed by atoms with Crippen molar-refractivity contribution in [3.8, 4) is 11.5 Å². The molecule has 0 spiro atoms. The highest BCUT2D eigenvalue weighted by atomic mass is 32.2. The number of phenols is 2. The second kappa shape index (κ2) is 6.18. The van der Waals surface area contributed by atoms with Crippen LogP contribution in [0.1, 0.15) is 20.7 Å². The molecule has 0 radical (unpaired) electrons. The Kier molecular flexibility index (Phi) is 4.44. The molecule has 5 N–H and O–H groups in total. The Balaban J connectivity index is 2.40. The normalized spacial score (nSPS) is 11.0. The molecule has 0 saturated heterocycles. The lowest BCUT2D eigenvalue weighted by Gasteiger charge is -2.10. The average Bonchev–Trinajstić information content (AvgIpc) is 2.48. The van der Waals surface area contributed by atoms with E-state index in [1.807, 2.05) is 0 Å². The molecule has 0 atom stereocenters. The minimum Gasteiger partial charge on any atom is -0.508 e. The number of anilines is 1. The lowest BCUT2D eigenvalue weighted by molar-refractivity contribution is 0.0693. The van der Waals surface area contributed by atoms with Gasteiger partial charge in [0.25, 0.3) is 16.0 Å². The van der Waals surface area contributed by atoms with Gasteiger partial charge in [0, 0.05) is 5.69 Å². The number of aromatic carboxylic acids is 1. The van der Waals surface area contributed by atoms with Gasteiger partial charge >= 0.3 is 5.97 Å². The third-order valence-corrected chi connectivity index (χ3v) is 3.81. The molecule has 0 aliphatic heterocycles. The Morgan fingerprint density at radius 2 is 1.62 bits per heavy atom. The number of aromatic hydroxyl groups is 2. The molecule has 0 heterocycles. The van der Waals surface area contributed by atoms with Crippen LogP contribution >= 0.6 is 0 Å². The van der Waals surface area contributed by atoms with Crippen LogP contribution in [0.4, 0.5) is 5.69 Å². The van der Waals surface area contributed by atoms with E-state index in [0.717, 1.165) is 24.3 Å². The fraction of sp³-hybridized carbons (Fsp3) is 0. The number of carbonyl (C=O) groups is 2. The predicted octanol–water partition coefficient (Wildman–Crippen LogP) is 1.29. The molecule has 0 aliphatic carbocycles. The number of carboxylic acids is 1. The Hall–Kier alpha value is -3.11. The lowest BCUT2D eigenvalue weighted by atomic mass is 10.1. The van der Waals surface area contributed by atoms with Gasteiger partial charge in [-0.2, -0.15) is 8.42 Å². The maximum atomic E-state index is 12.1. The zero-order valence-electron chi connectivity index (χ0n) is 11.8. The van der Waals surface area contributed by atoms with Crippen molar-refractivity contribution >= 4 is 27.7 Å². The van der Waals surface area contributed by atoms with Crippen LogP contribution in [0.25, 0.3) is 0 Å². The molecule has 2 aromatic rings. The zero-order valence-corrected chi connectivity index (χ0v) is 12.6. The van der Waals surface area contributed by atoms with Crippen molar-refractivity contribution in [2.45, 2.75) is 4.90 Å². The fourth-order valence-electron chi connectivity index (χ4n) is 1.89. The summed E-state index contributed by atoms with van der Waals surface area (Å²) < 4.78 is 31.1. The molecule has 1 amide bonds. The van der Waals surface area contributed by atoms with Crippen LogP contribution in [0.5, 0.6) is 11.5 Å². The van der Waals surface area contributed by atoms with Gasteiger partial charge in [0.1, 0.15) is 17.1 Å². The van der Waals surface area contributed by atoms with Crippen molar-refractivity contribution in [2.75, 3.05) is 5.32 Å². The van der Waals surface area contributed by atoms with E-state index in [1.165, 1.54) is 12.1 Å². The van der Waals surface area contributed by atoms with Gasteiger partial charge < -0.3 is 20.6 Å². The molecule has 0 aliphatic rings. The van der Waals surface area contributed by atoms with Crippen molar-refractivity contribution in [2.24, 2.45) is 0 Å². The Labute approximate surface area is 135 Å². The number of carbonyl (C=O) groups excluding carboxylic acids is 1. The van der Waals surface area contributed by atoms with E-state index >= 15 is 0 Å². The molecule has 126 valence electrons. The highest BCUT2D eigenvalue weighted by Crippen LogP contribution is 2.29. The van der Waals surface area contributed by atoms with Gasteiger partial charge in [-0.3, -0.25) is 9.35 Å². The van der Waals surface area contributed by atoms with Crippen LogP contribution in [-0.4, -0.2) is 40.2 Å². The number of phenolic OH excluding ortho intramolecular Hbond substituents is 1. The lowest BCUT2D eigenvalue weighted by Crippen LogP contribution is -2.14. The molecule has 0 bridgehead atoms. The SMILES string of the molecule is O=C(O)c1cc(O)cc(C(=O)Nc2cccc(S(=O)(=O)O)c2)c1O. The third kappa shape index (κ3) is 3.62. The zero-order chi connectivity index (χ0) is 18.1. The summed E-state index contributed by atoms with van der Waals surface area (Å²) in [6, 6.07) is 6.25. The van der Waals surface area contributed by atoms with E-state index in [9.17, 15) is 28.2 Å². The summed E-state index contributed by atoms with van der Waals surface area (Å²) in [6.07, 6.45) is 0. The minimum absolute atomic E-state index is 0.0326. The summed E-state index contributed by atoms with van der Waals surface area (Å²) >= 11 is 0. The molecule has 2 rings (SSSR count). The Bertz CT molecular complexity index is 936. The van der Waals surface area contributed by atoms with E-state index in [4.69, 9.17) is 9.66 Å². The van der Waals surface area contributed by atoms with Crippen LogP contribution in [0, 0.1) is 0 Å². The molecule has 24 heavy (non-hydrogen) atoms. The summed E-state index contributed by atoms with van der Waals surface area (Å²) in [7, 11) is -4.48. The first-order valence-electron chi connectivity index (χ1n) is 6.28. The first-order valence-corrected chi connectivity index (χ1v) is 7.72. The predicted molar refractivity (Wildman–Crippen MR) is 80.9 cm³/mol. The average molecular weight is 353 g/mol. The van der Waals surface area contributed by atoms with Crippen LogP contribution in [0.15, 0.2) is 41.3 Å². The van der Waals surface area contributed by atoms with Gasteiger partial charge in [-0.25, -0.2) is 4.79 Å². The monoisotopic (exact) mass is 353 g/mol. The van der Waals surface area contributed by atoms with E-state index in [-0.39, 0.29) is 5.69 Å². The number of carboxylic acid groups (broad SMARTS) is 1. The molecule has 0 saturated carbocycles. The number of nitrogens with one attached hydrogen (secondary N) is 1. The summed E-state index contributed by atoms with van der Waals surface area (Å²) in [5.74, 6) is -3.95. The second-order valence-electron chi connectivity index (χ2n) is 4.65. The molecule has 0 fully saturated rings. The summed E-state index contributed by atoms with van der Waals surface area (Å²) in [6.45, 7) is 0. The number of rotatable bonds is 4. The largest absolute Gasteiger partial charge is 0.508 e. The first kappa shape index (κ1) is 17.2. The van der Waals surface area contributed by atoms with Crippen LogP contribution in [0.2, 0.25) is 0 Å². The third-order valence-electron chi connectivity index (χ3n) is 2.96. The van der Waals surface area contributed by atoms with Crippen LogP contribution in [0.3, 0.4) is 0 Å². The van der Waals surface area contributed by atoms with Gasteiger partial charge in [0.05, 0.1) is 10.5 Å². The summed E-state index contributed by atoms with van der Waals surface area (Å²) in [5.41, 5.74) is -1.23. The van der Waals surface area contributed by atoms with Gasteiger partial charge in [0.15, 0.2) is 0 Å². The maximum absolute atomic E-state index is 12.1. The summed E-state index contributed by atoms with van der Waals surface area (Å²) in [4.78, 5) is 22.6. The molecule has 10 heteroatoms. The van der Waals surface area contributed by atoms with Crippen molar-refractivity contribution in [1.29, 1.82) is 0 Å². The highest BCUT2D eigenvalue weighted by Gasteiger charge is 2.21. The Morgan fingerprint density at radius 3 is 2.21 bits per heavy atom. The van der Waals surface area contributed by atoms with Gasteiger partial charge in [-0.1, -0.05) is 6.07 Å². The molecular weight excluding hydrogens is 342 g/mol. The van der Waals surface area contributed by atoms with Crippen molar-refractivity contribution < 1.29 is 37.9 Å². The number of benzene rings is 2. The summed E-state index contributed by atoms with van der Waals surface area (Å²) in [5, 5.41) is 30.4. The number of hydrogen-bond acceptors (Lipinski definition) is 6. The Morgan fingerprint density at radius 1 is 1.00 bits per heavy atom. The van der Waals surface area contributed by atoms with E-state index in [2.05, 4.69) is 5.32 Å². The standard InChI is InChI=1S/C14H11NO8S/c16-8-5-10(12(17)11(6-8)14(19)20)13(18)15-7-2-1-3-9(4-7)24(21,22)23/h1-6,16-17H,(H,15,18)(H,19,20)(H,21,22,23). The number of hydrogen-bond donors (Lipinski definition) is 5. The minimum atomic E-state index is -4.48. The van der Waals surface area contributed by atoms with Gasteiger partial charge in [0.2, 0.25) is 0 Å². The highest BCUT2D eigenvalue weighted by molar-refractivity contribution is 7.85. The van der Waals surface area contributed by atoms with Gasteiger partial charge in [-0.15, -0.1) is 0 Å². The smallest absolute Gasteiger partial charge is 0.339 e.